The van der Waals surface area contributed by atoms with Gasteiger partial charge >= 0.3 is 0 Å². The van der Waals surface area contributed by atoms with Crippen molar-refractivity contribution >= 4 is 17.7 Å². The summed E-state index contributed by atoms with van der Waals surface area (Å²) in [6.07, 6.45) is 6.01. The van der Waals surface area contributed by atoms with Gasteiger partial charge in [-0.15, -0.1) is 11.8 Å². The Hall–Kier alpha value is -1.86. The van der Waals surface area contributed by atoms with E-state index in [1.165, 1.54) is 31.0 Å². The molecule has 2 aromatic rings. The molecule has 1 saturated carbocycles. The van der Waals surface area contributed by atoms with E-state index in [0.29, 0.717) is 35.8 Å². The molecule has 0 bridgehead atoms. The van der Waals surface area contributed by atoms with Gasteiger partial charge in [-0.2, -0.15) is 4.98 Å². The van der Waals surface area contributed by atoms with Crippen molar-refractivity contribution in [3.63, 3.8) is 0 Å². The van der Waals surface area contributed by atoms with Gasteiger partial charge in [-0.1, -0.05) is 48.7 Å². The van der Waals surface area contributed by atoms with Gasteiger partial charge in [0, 0.05) is 25.2 Å². The molecule has 0 unspecified atom stereocenters. The molecule has 140 valence electrons. The molecule has 26 heavy (non-hydrogen) atoms. The fourth-order valence-corrected chi connectivity index (χ4v) is 3.99. The zero-order valence-corrected chi connectivity index (χ0v) is 16.0. The van der Waals surface area contributed by atoms with Gasteiger partial charge in [0.1, 0.15) is 0 Å². The van der Waals surface area contributed by atoms with E-state index in [1.54, 1.807) is 0 Å². The van der Waals surface area contributed by atoms with Crippen molar-refractivity contribution in [2.24, 2.45) is 5.73 Å². The molecular weight excluding hydrogens is 348 g/mol. The Morgan fingerprint density at radius 2 is 2.00 bits per heavy atom. The molecule has 0 saturated heterocycles. The summed E-state index contributed by atoms with van der Waals surface area (Å²) in [5, 5.41) is 4.02. The lowest BCUT2D eigenvalue weighted by molar-refractivity contribution is -0.129. The molecule has 1 aliphatic carbocycles. The zero-order valence-electron chi connectivity index (χ0n) is 15.2. The molecule has 0 atom stereocenters. The van der Waals surface area contributed by atoms with E-state index < -0.39 is 0 Å². The van der Waals surface area contributed by atoms with Gasteiger partial charge in [-0.05, 0) is 18.4 Å². The smallest absolute Gasteiger partial charge is 0.236 e. The van der Waals surface area contributed by atoms with Gasteiger partial charge in [-0.25, -0.2) is 0 Å². The third kappa shape index (κ3) is 4.86. The summed E-state index contributed by atoms with van der Waals surface area (Å²) in [6, 6.07) is 8.20. The van der Waals surface area contributed by atoms with Crippen LogP contribution in [0.25, 0.3) is 11.4 Å². The third-order valence-corrected chi connectivity index (χ3v) is 5.78. The standard InChI is InChI=1S/C19H26N4O2S/c1-23(16-5-3-2-4-6-16)18(24)13-26-12-17-21-19(22-25-17)15-9-7-14(11-20)8-10-15/h7-10,16H,2-6,11-13,20H2,1H3. The molecule has 1 aliphatic rings. The van der Waals surface area contributed by atoms with E-state index in [4.69, 9.17) is 10.3 Å². The van der Waals surface area contributed by atoms with E-state index in [2.05, 4.69) is 10.1 Å². The minimum Gasteiger partial charge on any atom is -0.342 e. The minimum absolute atomic E-state index is 0.180. The van der Waals surface area contributed by atoms with Crippen LogP contribution in [-0.4, -0.2) is 39.8 Å². The molecule has 1 fully saturated rings. The van der Waals surface area contributed by atoms with E-state index in [0.717, 1.165) is 24.0 Å². The molecule has 7 heteroatoms. The fraction of sp³-hybridized carbons (Fsp3) is 0.526. The average molecular weight is 375 g/mol. The Kier molecular flexibility index (Phi) is 6.68. The SMILES string of the molecule is CN(C(=O)CSCc1nc(-c2ccc(CN)cc2)no1)C1CCCCC1. The molecular formula is C19H26N4O2S. The summed E-state index contributed by atoms with van der Waals surface area (Å²) in [5.74, 6) is 2.27. The van der Waals surface area contributed by atoms with Gasteiger partial charge in [-0.3, -0.25) is 4.79 Å². The van der Waals surface area contributed by atoms with Crippen molar-refractivity contribution < 1.29 is 9.32 Å². The van der Waals surface area contributed by atoms with Gasteiger partial charge in [0.25, 0.3) is 0 Å². The second kappa shape index (κ2) is 9.19. The Labute approximate surface area is 158 Å². The van der Waals surface area contributed by atoms with E-state index in [9.17, 15) is 4.79 Å². The number of aromatic nitrogens is 2. The molecule has 0 spiro atoms. The number of thioether (sulfide) groups is 1. The molecule has 0 aliphatic heterocycles. The number of hydrogen-bond acceptors (Lipinski definition) is 6. The summed E-state index contributed by atoms with van der Waals surface area (Å²) in [5.41, 5.74) is 7.57. The maximum atomic E-state index is 12.3. The summed E-state index contributed by atoms with van der Waals surface area (Å²) in [6.45, 7) is 0.512. The molecule has 6 nitrogen and oxygen atoms in total. The number of carbonyl (C=O) groups is 1. The lowest BCUT2D eigenvalue weighted by Crippen LogP contribution is -2.39. The normalized spacial score (nSPS) is 15.2. The molecule has 2 N–H and O–H groups in total. The molecule has 0 radical (unpaired) electrons. The Morgan fingerprint density at radius 3 is 2.69 bits per heavy atom. The summed E-state index contributed by atoms with van der Waals surface area (Å²) in [4.78, 5) is 18.7. The van der Waals surface area contributed by atoms with Gasteiger partial charge in [0.05, 0.1) is 11.5 Å². The predicted octanol–water partition coefficient (Wildman–Crippen LogP) is 3.22. The average Bonchev–Trinajstić information content (AvgIpc) is 3.17. The molecule has 1 heterocycles. The van der Waals surface area contributed by atoms with Crippen molar-refractivity contribution in [2.75, 3.05) is 12.8 Å². The van der Waals surface area contributed by atoms with E-state index >= 15 is 0 Å². The van der Waals surface area contributed by atoms with Gasteiger partial charge < -0.3 is 15.2 Å². The van der Waals surface area contributed by atoms with Crippen molar-refractivity contribution in [1.82, 2.24) is 15.0 Å². The number of hydrogen-bond donors (Lipinski definition) is 1. The van der Waals surface area contributed by atoms with Crippen LogP contribution in [-0.2, 0) is 17.1 Å². The van der Waals surface area contributed by atoms with Crippen LogP contribution in [0.3, 0.4) is 0 Å². The Balaban J connectivity index is 1.47. The summed E-state index contributed by atoms with van der Waals surface area (Å²) < 4.78 is 5.30. The first-order valence-electron chi connectivity index (χ1n) is 9.12. The first-order valence-corrected chi connectivity index (χ1v) is 10.3. The zero-order chi connectivity index (χ0) is 18.4. The van der Waals surface area contributed by atoms with Crippen LogP contribution in [0.2, 0.25) is 0 Å². The quantitative estimate of drug-likeness (QED) is 0.801. The molecule has 1 aromatic heterocycles. The van der Waals surface area contributed by atoms with Crippen LogP contribution < -0.4 is 5.73 Å². The summed E-state index contributed by atoms with van der Waals surface area (Å²) in [7, 11) is 1.93. The van der Waals surface area contributed by atoms with Crippen LogP contribution in [0, 0.1) is 0 Å². The third-order valence-electron chi connectivity index (χ3n) is 4.88. The second-order valence-electron chi connectivity index (χ2n) is 6.70. The maximum absolute atomic E-state index is 12.3. The lowest BCUT2D eigenvalue weighted by atomic mass is 9.94. The number of benzene rings is 1. The summed E-state index contributed by atoms with van der Waals surface area (Å²) >= 11 is 1.52. The molecule has 1 aromatic carbocycles. The molecule has 3 rings (SSSR count). The minimum atomic E-state index is 0.180. The highest BCUT2D eigenvalue weighted by Gasteiger charge is 2.22. The van der Waals surface area contributed by atoms with Crippen LogP contribution >= 0.6 is 11.8 Å². The number of nitrogens with zero attached hydrogens (tertiary/aromatic N) is 3. The van der Waals surface area contributed by atoms with Crippen molar-refractivity contribution in [1.29, 1.82) is 0 Å². The first-order chi connectivity index (χ1) is 12.7. The monoisotopic (exact) mass is 374 g/mol. The predicted molar refractivity (Wildman–Crippen MR) is 103 cm³/mol. The fourth-order valence-electron chi connectivity index (χ4n) is 3.22. The van der Waals surface area contributed by atoms with Crippen LogP contribution in [0.1, 0.15) is 43.6 Å². The van der Waals surface area contributed by atoms with Gasteiger partial charge in [0.15, 0.2) is 0 Å². The number of nitrogens with two attached hydrogens (primary N) is 1. The maximum Gasteiger partial charge on any atom is 0.236 e. The van der Waals surface area contributed by atoms with Crippen molar-refractivity contribution in [3.8, 4) is 11.4 Å². The number of carbonyl (C=O) groups excluding carboxylic acids is 1. The lowest BCUT2D eigenvalue weighted by Gasteiger charge is -2.31. The number of rotatable bonds is 7. The largest absolute Gasteiger partial charge is 0.342 e. The molecule has 1 amide bonds. The second-order valence-corrected chi connectivity index (χ2v) is 7.69. The van der Waals surface area contributed by atoms with Crippen molar-refractivity contribution in [2.45, 2.75) is 50.4 Å². The van der Waals surface area contributed by atoms with Crippen LogP contribution in [0.15, 0.2) is 28.8 Å². The highest BCUT2D eigenvalue weighted by molar-refractivity contribution is 7.99. The topological polar surface area (TPSA) is 85.2 Å². The number of amides is 1. The Bertz CT molecular complexity index is 711. The van der Waals surface area contributed by atoms with E-state index in [1.807, 2.05) is 36.2 Å². The first kappa shape index (κ1) is 18.9. The van der Waals surface area contributed by atoms with E-state index in [-0.39, 0.29) is 5.91 Å². The van der Waals surface area contributed by atoms with Crippen molar-refractivity contribution in [3.05, 3.63) is 35.7 Å². The highest BCUT2D eigenvalue weighted by Crippen LogP contribution is 2.23. The van der Waals surface area contributed by atoms with Gasteiger partial charge in [0.2, 0.25) is 17.6 Å². The Morgan fingerprint density at radius 1 is 1.27 bits per heavy atom. The van der Waals surface area contributed by atoms with Crippen LogP contribution in [0.5, 0.6) is 0 Å². The highest BCUT2D eigenvalue weighted by atomic mass is 32.2. The van der Waals surface area contributed by atoms with Crippen LogP contribution in [0.4, 0.5) is 0 Å².